The van der Waals surface area contributed by atoms with Crippen LogP contribution in [-0.4, -0.2) is 12.6 Å². The first kappa shape index (κ1) is 15.5. The van der Waals surface area contributed by atoms with Gasteiger partial charge in [-0.1, -0.05) is 26.7 Å². The maximum absolute atomic E-state index is 3.81. The Balaban J connectivity index is 1.97. The van der Waals surface area contributed by atoms with E-state index in [4.69, 9.17) is 0 Å². The van der Waals surface area contributed by atoms with Crippen molar-refractivity contribution < 1.29 is 0 Å². The SMILES string of the molecule is CCCNC(Cc1ccc(Br)s1)C1CCCC(C)C1. The molecule has 1 aromatic heterocycles. The predicted octanol–water partition coefficient (Wildman–Crippen LogP) is 5.25. The van der Waals surface area contributed by atoms with Gasteiger partial charge in [0.1, 0.15) is 0 Å². The van der Waals surface area contributed by atoms with Gasteiger partial charge in [-0.15, -0.1) is 11.3 Å². The van der Waals surface area contributed by atoms with Crippen molar-refractivity contribution in [3.05, 3.63) is 20.8 Å². The molecule has 1 nitrogen and oxygen atoms in total. The van der Waals surface area contributed by atoms with Crippen LogP contribution in [0.4, 0.5) is 0 Å². The molecule has 0 saturated heterocycles. The van der Waals surface area contributed by atoms with Gasteiger partial charge in [0.15, 0.2) is 0 Å². The van der Waals surface area contributed by atoms with Crippen molar-refractivity contribution in [2.45, 2.75) is 58.4 Å². The highest BCUT2D eigenvalue weighted by Crippen LogP contribution is 2.33. The van der Waals surface area contributed by atoms with E-state index in [1.807, 2.05) is 11.3 Å². The second kappa shape index (κ2) is 7.80. The van der Waals surface area contributed by atoms with E-state index in [0.29, 0.717) is 6.04 Å². The number of hydrogen-bond acceptors (Lipinski definition) is 2. The predicted molar refractivity (Wildman–Crippen MR) is 88.9 cm³/mol. The first-order valence-corrected chi connectivity index (χ1v) is 9.27. The number of hydrogen-bond donors (Lipinski definition) is 1. The van der Waals surface area contributed by atoms with Crippen LogP contribution in [0.25, 0.3) is 0 Å². The standard InChI is InChI=1S/C16H26BrNS/c1-3-9-18-15(11-14-7-8-16(17)19-14)13-6-4-5-12(2)10-13/h7-8,12-13,15,18H,3-6,9-11H2,1-2H3. The van der Waals surface area contributed by atoms with Gasteiger partial charge in [-0.3, -0.25) is 0 Å². The van der Waals surface area contributed by atoms with E-state index >= 15 is 0 Å². The normalized spacial score (nSPS) is 25.4. The fraction of sp³-hybridized carbons (Fsp3) is 0.750. The molecule has 1 fully saturated rings. The van der Waals surface area contributed by atoms with Gasteiger partial charge in [0.05, 0.1) is 3.79 Å². The molecule has 3 atom stereocenters. The first-order valence-electron chi connectivity index (χ1n) is 7.66. The molecule has 2 rings (SSSR count). The largest absolute Gasteiger partial charge is 0.313 e. The average molecular weight is 344 g/mol. The third kappa shape index (κ3) is 4.87. The zero-order chi connectivity index (χ0) is 13.7. The number of thiophene rings is 1. The summed E-state index contributed by atoms with van der Waals surface area (Å²) in [5, 5.41) is 3.81. The summed E-state index contributed by atoms with van der Waals surface area (Å²) in [6, 6.07) is 5.13. The first-order chi connectivity index (χ1) is 9.19. The molecule has 1 N–H and O–H groups in total. The minimum atomic E-state index is 0.674. The van der Waals surface area contributed by atoms with E-state index in [2.05, 4.69) is 47.2 Å². The van der Waals surface area contributed by atoms with Gasteiger partial charge >= 0.3 is 0 Å². The van der Waals surface area contributed by atoms with Crippen molar-refractivity contribution in [3.8, 4) is 0 Å². The summed E-state index contributed by atoms with van der Waals surface area (Å²) in [5.41, 5.74) is 0. The van der Waals surface area contributed by atoms with Crippen LogP contribution in [0.3, 0.4) is 0 Å². The highest BCUT2D eigenvalue weighted by Gasteiger charge is 2.26. The lowest BCUT2D eigenvalue weighted by Crippen LogP contribution is -2.40. The molecule has 0 aliphatic heterocycles. The van der Waals surface area contributed by atoms with Crippen molar-refractivity contribution >= 4 is 27.3 Å². The van der Waals surface area contributed by atoms with E-state index < -0.39 is 0 Å². The molecule has 1 aromatic rings. The molecule has 0 amide bonds. The lowest BCUT2D eigenvalue weighted by Gasteiger charge is -2.34. The van der Waals surface area contributed by atoms with E-state index in [1.165, 1.54) is 47.2 Å². The highest BCUT2D eigenvalue weighted by atomic mass is 79.9. The molecule has 19 heavy (non-hydrogen) atoms. The summed E-state index contributed by atoms with van der Waals surface area (Å²) >= 11 is 5.47. The average Bonchev–Trinajstić information content (AvgIpc) is 2.80. The number of rotatable bonds is 6. The Hall–Kier alpha value is 0.140. The number of nitrogens with one attached hydrogen (secondary N) is 1. The van der Waals surface area contributed by atoms with E-state index in [9.17, 15) is 0 Å². The molecule has 0 aromatic carbocycles. The van der Waals surface area contributed by atoms with Gasteiger partial charge in [0.25, 0.3) is 0 Å². The van der Waals surface area contributed by atoms with Crippen LogP contribution in [0.5, 0.6) is 0 Å². The summed E-state index contributed by atoms with van der Waals surface area (Å²) in [5.74, 6) is 1.79. The van der Waals surface area contributed by atoms with E-state index in [0.717, 1.165) is 18.4 Å². The van der Waals surface area contributed by atoms with Crippen LogP contribution in [0.1, 0.15) is 50.8 Å². The summed E-state index contributed by atoms with van der Waals surface area (Å²) < 4.78 is 1.26. The number of halogens is 1. The molecule has 3 unspecified atom stereocenters. The lowest BCUT2D eigenvalue weighted by atomic mass is 9.77. The highest BCUT2D eigenvalue weighted by molar-refractivity contribution is 9.11. The van der Waals surface area contributed by atoms with Crippen LogP contribution in [0.15, 0.2) is 15.9 Å². The fourth-order valence-electron chi connectivity index (χ4n) is 3.26. The van der Waals surface area contributed by atoms with Crippen LogP contribution >= 0.6 is 27.3 Å². The summed E-state index contributed by atoms with van der Waals surface area (Å²) in [7, 11) is 0. The van der Waals surface area contributed by atoms with Crippen LogP contribution < -0.4 is 5.32 Å². The summed E-state index contributed by atoms with van der Waals surface area (Å²) in [4.78, 5) is 1.51. The van der Waals surface area contributed by atoms with E-state index in [-0.39, 0.29) is 0 Å². The van der Waals surface area contributed by atoms with Gasteiger partial charge in [-0.2, -0.15) is 0 Å². The Kier molecular flexibility index (Phi) is 6.37. The van der Waals surface area contributed by atoms with Crippen LogP contribution in [-0.2, 0) is 6.42 Å². The second-order valence-corrected chi connectivity index (χ2v) is 8.55. The van der Waals surface area contributed by atoms with Gasteiger partial charge < -0.3 is 5.32 Å². The molecule has 3 heteroatoms. The van der Waals surface area contributed by atoms with Crippen molar-refractivity contribution in [2.75, 3.05) is 6.54 Å². The fourth-order valence-corrected chi connectivity index (χ4v) is 4.80. The Labute approximate surface area is 130 Å². The van der Waals surface area contributed by atoms with Crippen molar-refractivity contribution in [1.82, 2.24) is 5.32 Å². The Bertz CT molecular complexity index is 377. The monoisotopic (exact) mass is 343 g/mol. The van der Waals surface area contributed by atoms with Crippen molar-refractivity contribution in [2.24, 2.45) is 11.8 Å². The summed E-state index contributed by atoms with van der Waals surface area (Å²) in [6.45, 7) is 5.84. The molecule has 0 spiro atoms. The quantitative estimate of drug-likeness (QED) is 0.743. The summed E-state index contributed by atoms with van der Waals surface area (Å²) in [6.07, 6.45) is 8.11. The minimum absolute atomic E-state index is 0.674. The Morgan fingerprint density at radius 2 is 2.26 bits per heavy atom. The molecule has 108 valence electrons. The van der Waals surface area contributed by atoms with E-state index in [1.54, 1.807) is 0 Å². The molecule has 1 aliphatic rings. The van der Waals surface area contributed by atoms with Gasteiger partial charge in [-0.25, -0.2) is 0 Å². The second-order valence-electron chi connectivity index (χ2n) is 6.00. The smallest absolute Gasteiger partial charge is 0.0701 e. The lowest BCUT2D eigenvalue weighted by molar-refractivity contribution is 0.221. The molecule has 0 radical (unpaired) electrons. The van der Waals surface area contributed by atoms with Crippen LogP contribution in [0.2, 0.25) is 0 Å². The molecular weight excluding hydrogens is 318 g/mol. The van der Waals surface area contributed by atoms with Gasteiger partial charge in [0.2, 0.25) is 0 Å². The maximum atomic E-state index is 3.81. The molecule has 0 bridgehead atoms. The van der Waals surface area contributed by atoms with Gasteiger partial charge in [-0.05, 0) is 72.1 Å². The molecular formula is C16H26BrNS. The third-order valence-electron chi connectivity index (χ3n) is 4.25. The third-order valence-corrected chi connectivity index (χ3v) is 5.90. The van der Waals surface area contributed by atoms with Crippen LogP contribution in [0, 0.1) is 11.8 Å². The Morgan fingerprint density at radius 3 is 2.89 bits per heavy atom. The van der Waals surface area contributed by atoms with Crippen molar-refractivity contribution in [1.29, 1.82) is 0 Å². The molecule has 1 saturated carbocycles. The molecule has 1 heterocycles. The zero-order valence-electron chi connectivity index (χ0n) is 12.1. The topological polar surface area (TPSA) is 12.0 Å². The zero-order valence-corrected chi connectivity index (χ0v) is 14.5. The minimum Gasteiger partial charge on any atom is -0.313 e. The Morgan fingerprint density at radius 1 is 1.42 bits per heavy atom. The molecule has 1 aliphatic carbocycles. The van der Waals surface area contributed by atoms with Crippen molar-refractivity contribution in [3.63, 3.8) is 0 Å². The van der Waals surface area contributed by atoms with Gasteiger partial charge in [0, 0.05) is 10.9 Å². The maximum Gasteiger partial charge on any atom is 0.0701 e.